The van der Waals surface area contributed by atoms with Crippen LogP contribution in [0, 0.1) is 68.1 Å². The molecular formula is C125H107FN12. The lowest BCUT2D eigenvalue weighted by molar-refractivity contribution is 0.622. The fourth-order valence-corrected chi connectivity index (χ4v) is 14.7. The van der Waals surface area contributed by atoms with Crippen molar-refractivity contribution in [2.45, 2.75) is 62.3 Å². The molecule has 0 aliphatic heterocycles. The number of benzene rings is 10. The Morgan fingerprint density at radius 2 is 0.551 bits per heavy atom. The number of rotatable bonds is 11. The first-order chi connectivity index (χ1) is 67.5. The number of para-hydroxylation sites is 1. The first kappa shape index (κ1) is 96.5. The van der Waals surface area contributed by atoms with E-state index in [9.17, 15) is 4.39 Å². The van der Waals surface area contributed by atoms with Gasteiger partial charge in [-0.05, 0) is 259 Å². The zero-order valence-electron chi connectivity index (χ0n) is 78.9. The number of aryl methyl sites for hydroxylation is 9. The molecule has 0 aliphatic rings. The lowest BCUT2D eigenvalue weighted by Gasteiger charge is -2.09. The average Bonchev–Trinajstić information content (AvgIpc) is 0.783. The van der Waals surface area contributed by atoms with Gasteiger partial charge in [-0.15, -0.1) is 0 Å². The highest BCUT2D eigenvalue weighted by atomic mass is 19.1. The number of pyridine rings is 12. The Labute approximate surface area is 809 Å². The van der Waals surface area contributed by atoms with Crippen molar-refractivity contribution in [3.63, 3.8) is 0 Å². The number of hydrogen-bond acceptors (Lipinski definition) is 12. The van der Waals surface area contributed by atoms with Crippen molar-refractivity contribution in [1.82, 2.24) is 59.8 Å². The van der Waals surface area contributed by atoms with E-state index in [1.807, 2.05) is 294 Å². The third-order valence-corrected chi connectivity index (χ3v) is 21.9. The number of hydrogen-bond donors (Lipinski definition) is 0. The zero-order valence-corrected chi connectivity index (χ0v) is 78.9. The van der Waals surface area contributed by atoms with E-state index in [4.69, 9.17) is 9.97 Å². The molecule has 0 unspecified atom stereocenters. The highest BCUT2D eigenvalue weighted by molar-refractivity contribution is 5.85. The first-order valence-electron chi connectivity index (χ1n) is 45.7. The van der Waals surface area contributed by atoms with Gasteiger partial charge in [0, 0.05) is 117 Å². The molecule has 22 aromatic rings. The van der Waals surface area contributed by atoms with Crippen molar-refractivity contribution in [1.29, 1.82) is 0 Å². The highest BCUT2D eigenvalue weighted by Crippen LogP contribution is 2.32. The van der Waals surface area contributed by atoms with E-state index in [1.165, 1.54) is 89.6 Å². The van der Waals surface area contributed by atoms with Gasteiger partial charge in [0.05, 0.1) is 80.0 Å². The molecule has 0 aliphatic carbocycles. The van der Waals surface area contributed by atoms with Gasteiger partial charge in [0.15, 0.2) is 0 Å². The molecule has 22 rings (SSSR count). The molecule has 0 saturated heterocycles. The maximum atomic E-state index is 12.6. The lowest BCUT2D eigenvalue weighted by atomic mass is 10.0. The Hall–Kier alpha value is -17.6. The van der Waals surface area contributed by atoms with E-state index >= 15 is 0 Å². The van der Waals surface area contributed by atoms with Gasteiger partial charge < -0.3 is 0 Å². The van der Waals surface area contributed by atoms with E-state index in [0.29, 0.717) is 0 Å². The topological polar surface area (TPSA) is 155 Å². The molecule has 12 nitrogen and oxygen atoms in total. The van der Waals surface area contributed by atoms with Gasteiger partial charge in [0.25, 0.3) is 0 Å². The molecule has 0 bridgehead atoms. The van der Waals surface area contributed by atoms with Gasteiger partial charge in [0.1, 0.15) is 5.82 Å². The normalized spacial score (nSPS) is 10.2. The second kappa shape index (κ2) is 50.3. The fraction of sp³-hybridized carbons (Fsp3) is 0.0720. The largest absolute Gasteiger partial charge is 0.264 e. The van der Waals surface area contributed by atoms with Crippen LogP contribution in [-0.4, -0.2) is 59.8 Å². The number of fused-ring (bicyclic) bond motifs is 2. The Bertz CT molecular complexity index is 6960. The second-order valence-electron chi connectivity index (χ2n) is 32.8. The van der Waals surface area contributed by atoms with E-state index < -0.39 is 0 Å². The molecule has 0 N–H and O–H groups in total. The summed E-state index contributed by atoms with van der Waals surface area (Å²) in [6.07, 6.45) is 17.7. The summed E-state index contributed by atoms with van der Waals surface area (Å²) in [7, 11) is 0. The summed E-state index contributed by atoms with van der Waals surface area (Å²) in [5.74, 6) is -0.305. The van der Waals surface area contributed by atoms with Gasteiger partial charge >= 0.3 is 0 Å². The highest BCUT2D eigenvalue weighted by Gasteiger charge is 2.13. The van der Waals surface area contributed by atoms with Crippen molar-refractivity contribution in [3.8, 4) is 124 Å². The van der Waals surface area contributed by atoms with E-state index in [0.717, 1.165) is 118 Å². The van der Waals surface area contributed by atoms with Crippen molar-refractivity contribution in [2.24, 2.45) is 0 Å². The Kier molecular flexibility index (Phi) is 35.2. The van der Waals surface area contributed by atoms with Crippen LogP contribution in [-0.2, 0) is 0 Å². The standard InChI is InChI=1S/C22H17N3.C18H15N.C17H14N2.C12H10FN.3C12H11N.2C10H9N/c1-16-8-10-17(11-9-16)18-14-21(19-6-2-4-12-23-19)25-22(15-18)20-7-3-5-13-24-20;1-14-12-17(15-8-4-2-5-9-15)19-18(13-14)16-10-6-3-7-11-16;1-13-10-14(16-6-2-4-8-18-16)12-15(11-13)17-7-3-5-9-19-17;1-9-2-4-10(5-3-9)12-7-6-11(13)8-14-12;1-10-5-4-6-11(9-10)12-7-2-3-8-13-12;1-10-5-7-11(8-6-10)12-4-2-3-9-13-12;1-10-6-5-9-12(13-10)11-7-3-2-4-8-11;1-8-6-11-7-9-4-2-3-5-10(8)9;1-8-6-7-11-10-5-3-2-4-9(8)10/h2-15H,1H3;2-13H,1H3;2-12H,1H3;2-8H,1H3;3*2-9H,1H3;2*2-7H,1H3. The molecule has 10 aromatic carbocycles. The van der Waals surface area contributed by atoms with Gasteiger partial charge in [0.2, 0.25) is 0 Å². The van der Waals surface area contributed by atoms with Gasteiger partial charge in [-0.3, -0.25) is 49.8 Å². The van der Waals surface area contributed by atoms with E-state index in [-0.39, 0.29) is 5.82 Å². The van der Waals surface area contributed by atoms with Crippen LogP contribution in [0.5, 0.6) is 0 Å². The Morgan fingerprint density at radius 3 is 1.00 bits per heavy atom. The lowest BCUT2D eigenvalue weighted by Crippen LogP contribution is -1.93. The van der Waals surface area contributed by atoms with Gasteiger partial charge in [-0.2, -0.15) is 0 Å². The van der Waals surface area contributed by atoms with Gasteiger partial charge in [-0.1, -0.05) is 289 Å². The minimum absolute atomic E-state index is 0.305. The minimum atomic E-state index is -0.305. The average molecular weight is 1800 g/mol. The molecule has 0 saturated carbocycles. The zero-order chi connectivity index (χ0) is 95.8. The summed E-state index contributed by atoms with van der Waals surface area (Å²) in [5, 5.41) is 3.75. The predicted molar refractivity (Wildman–Crippen MR) is 569 cm³/mol. The molecule has 138 heavy (non-hydrogen) atoms. The summed E-state index contributed by atoms with van der Waals surface area (Å²) in [6.45, 7) is 18.7. The van der Waals surface area contributed by atoms with Crippen molar-refractivity contribution in [3.05, 3.63) is 543 Å². The minimum Gasteiger partial charge on any atom is -0.264 e. The molecule has 0 radical (unpaired) electrons. The van der Waals surface area contributed by atoms with Crippen LogP contribution in [0.2, 0.25) is 0 Å². The van der Waals surface area contributed by atoms with Crippen LogP contribution in [0.25, 0.3) is 146 Å². The van der Waals surface area contributed by atoms with Crippen LogP contribution in [0.15, 0.2) is 487 Å². The molecule has 0 spiro atoms. The molecule has 0 atom stereocenters. The maximum Gasteiger partial charge on any atom is 0.141 e. The quantitative estimate of drug-likeness (QED) is 0.121. The van der Waals surface area contributed by atoms with E-state index in [2.05, 4.69) is 274 Å². The van der Waals surface area contributed by atoms with Crippen molar-refractivity contribution in [2.75, 3.05) is 0 Å². The second-order valence-corrected chi connectivity index (χ2v) is 32.8. The van der Waals surface area contributed by atoms with Crippen LogP contribution in [0.4, 0.5) is 4.39 Å². The Balaban J connectivity index is 0.000000125. The summed E-state index contributed by atoms with van der Waals surface area (Å²) in [4.78, 5) is 52.6. The number of halogens is 1. The molecule has 674 valence electrons. The smallest absolute Gasteiger partial charge is 0.141 e. The molecule has 13 heteroatoms. The van der Waals surface area contributed by atoms with Crippen molar-refractivity contribution < 1.29 is 4.39 Å². The first-order valence-corrected chi connectivity index (χ1v) is 45.7. The summed E-state index contributed by atoms with van der Waals surface area (Å²) in [6, 6.07) is 142. The van der Waals surface area contributed by atoms with E-state index in [1.54, 1.807) is 18.5 Å². The SMILES string of the molecule is Cc1cc(-c2ccccc2)nc(-c2ccccc2)c1.Cc1cc(-c2ccccn2)cc(-c2ccccn2)c1.Cc1ccc(-c2cc(-c3ccccn3)nc(-c3ccccn3)c2)cc1.Cc1ccc(-c2ccc(F)cn2)cc1.Cc1ccc(-c2ccccn2)cc1.Cc1cccc(-c2ccccc2)n1.Cc1cccc(-c2ccccn2)c1.Cc1ccnc2ccccc12.Cc1cncc2ccccc12. The fourth-order valence-electron chi connectivity index (χ4n) is 14.7. The van der Waals surface area contributed by atoms with Gasteiger partial charge in [-0.25, -0.2) is 14.4 Å². The number of nitrogens with zero attached hydrogens (tertiary/aromatic N) is 12. The molecule has 0 fully saturated rings. The van der Waals surface area contributed by atoms with Crippen LogP contribution in [0.3, 0.4) is 0 Å². The summed E-state index contributed by atoms with van der Waals surface area (Å²) in [5.41, 5.74) is 34.8. The van der Waals surface area contributed by atoms with Crippen LogP contribution in [0.1, 0.15) is 50.2 Å². The van der Waals surface area contributed by atoms with Crippen LogP contribution < -0.4 is 0 Å². The monoisotopic (exact) mass is 1790 g/mol. The maximum absolute atomic E-state index is 12.6. The number of aromatic nitrogens is 12. The summed E-state index contributed by atoms with van der Waals surface area (Å²) < 4.78 is 12.6. The molecule has 0 amide bonds. The molecule has 12 aromatic heterocycles. The van der Waals surface area contributed by atoms with Crippen molar-refractivity contribution >= 4 is 21.7 Å². The molecular weight excluding hydrogens is 1690 g/mol. The third kappa shape index (κ3) is 29.2. The third-order valence-electron chi connectivity index (χ3n) is 21.9. The van der Waals surface area contributed by atoms with Crippen LogP contribution >= 0.6 is 0 Å². The molecule has 12 heterocycles. The summed E-state index contributed by atoms with van der Waals surface area (Å²) >= 11 is 0. The Morgan fingerprint density at radius 1 is 0.174 bits per heavy atom. The predicted octanol–water partition coefficient (Wildman–Crippen LogP) is 31.5.